The van der Waals surface area contributed by atoms with Crippen LogP contribution in [0.3, 0.4) is 0 Å². The Morgan fingerprint density at radius 1 is 0.224 bits per heavy atom. The summed E-state index contributed by atoms with van der Waals surface area (Å²) in [6.45, 7) is 0. The lowest BCUT2D eigenvalue weighted by Gasteiger charge is -2.29. The van der Waals surface area contributed by atoms with Crippen molar-refractivity contribution in [1.82, 2.24) is 0 Å². The third-order valence-electron chi connectivity index (χ3n) is 14.0. The van der Waals surface area contributed by atoms with Crippen LogP contribution in [0.5, 0.6) is 11.5 Å². The van der Waals surface area contributed by atoms with Crippen molar-refractivity contribution in [3.63, 3.8) is 0 Å². The highest BCUT2D eigenvalue weighted by Crippen LogP contribution is 2.45. The van der Waals surface area contributed by atoms with Crippen LogP contribution in [0, 0.1) is 0 Å². The number of nitrogens with zero attached hydrogens (tertiary/aromatic N) is 4. The van der Waals surface area contributed by atoms with Crippen LogP contribution in [0.2, 0.25) is 0 Å². The molecule has 366 valence electrons. The standard InChI is InChI=1S/C70H54N4O2/c1-75-65-27-15-25-63(49-65)71(55-21-5-3-6-22-55)57-41-45-61(46-42-57)73(69-31-13-19-53-17-9-11-29-67(53)69)59-37-33-51(34-38-59)52-35-39-60(40-36-52)74(70-32-14-20-54-18-10-12-30-68(54)70)62-47-43-58(44-48-62)72(56-23-7-4-8-24-56)64-26-16-28-66(50-64)76-2/h3-50H,1-2H3. The molecule has 0 N–H and O–H groups in total. The average molecular weight is 983 g/mol. The van der Waals surface area contributed by atoms with E-state index in [0.29, 0.717) is 0 Å². The number of anilines is 12. The number of rotatable bonds is 15. The number of hydrogen-bond donors (Lipinski definition) is 0. The van der Waals surface area contributed by atoms with Gasteiger partial charge in [0.15, 0.2) is 0 Å². The fourth-order valence-electron chi connectivity index (χ4n) is 10.3. The van der Waals surface area contributed by atoms with E-state index < -0.39 is 0 Å². The fourth-order valence-corrected chi connectivity index (χ4v) is 10.3. The van der Waals surface area contributed by atoms with Gasteiger partial charge in [-0.15, -0.1) is 0 Å². The summed E-state index contributed by atoms with van der Waals surface area (Å²) in [5.74, 6) is 1.61. The molecule has 0 saturated heterocycles. The van der Waals surface area contributed by atoms with Gasteiger partial charge in [0, 0.05) is 79.8 Å². The summed E-state index contributed by atoms with van der Waals surface area (Å²) in [7, 11) is 3.41. The first kappa shape index (κ1) is 47.0. The van der Waals surface area contributed by atoms with E-state index in [0.717, 1.165) is 90.9 Å². The predicted octanol–water partition coefficient (Wildman–Crippen LogP) is 19.6. The lowest BCUT2D eigenvalue weighted by atomic mass is 10.0. The first-order valence-corrected chi connectivity index (χ1v) is 25.6. The molecule has 0 bridgehead atoms. The van der Waals surface area contributed by atoms with Crippen molar-refractivity contribution in [3.8, 4) is 22.6 Å². The lowest BCUT2D eigenvalue weighted by Crippen LogP contribution is -2.12. The van der Waals surface area contributed by atoms with Crippen LogP contribution in [0.4, 0.5) is 68.2 Å². The van der Waals surface area contributed by atoms with Gasteiger partial charge in [-0.05, 0) is 155 Å². The smallest absolute Gasteiger partial charge is 0.120 e. The highest BCUT2D eigenvalue weighted by Gasteiger charge is 2.21. The molecule has 12 aromatic carbocycles. The maximum atomic E-state index is 5.65. The minimum Gasteiger partial charge on any atom is -0.497 e. The molecule has 0 aliphatic rings. The SMILES string of the molecule is COc1cccc(N(c2ccccc2)c2ccc(N(c3ccc(-c4ccc(N(c5ccc(N(c6ccccc6)c6cccc(OC)c6)cc5)c5cccc6ccccc56)cc4)cc3)c3cccc4ccccc34)cc2)c1. The summed E-state index contributed by atoms with van der Waals surface area (Å²) in [5, 5.41) is 4.71. The first-order valence-electron chi connectivity index (χ1n) is 25.6. The van der Waals surface area contributed by atoms with Crippen LogP contribution in [0.15, 0.2) is 291 Å². The molecule has 0 unspecified atom stereocenters. The maximum Gasteiger partial charge on any atom is 0.120 e. The zero-order valence-electron chi connectivity index (χ0n) is 42.3. The molecule has 0 aliphatic heterocycles. The van der Waals surface area contributed by atoms with E-state index in [9.17, 15) is 0 Å². The van der Waals surface area contributed by atoms with Gasteiger partial charge in [-0.3, -0.25) is 0 Å². The van der Waals surface area contributed by atoms with Gasteiger partial charge in [0.2, 0.25) is 0 Å². The number of hydrogen-bond acceptors (Lipinski definition) is 6. The molecule has 76 heavy (non-hydrogen) atoms. The molecule has 0 aliphatic carbocycles. The monoisotopic (exact) mass is 982 g/mol. The van der Waals surface area contributed by atoms with Crippen molar-refractivity contribution in [3.05, 3.63) is 291 Å². The van der Waals surface area contributed by atoms with Crippen LogP contribution in [-0.4, -0.2) is 14.2 Å². The van der Waals surface area contributed by atoms with Crippen molar-refractivity contribution in [2.45, 2.75) is 0 Å². The molecule has 6 heteroatoms. The van der Waals surface area contributed by atoms with E-state index in [1.807, 2.05) is 36.4 Å². The molecule has 0 atom stereocenters. The summed E-state index contributed by atoms with van der Waals surface area (Å²) in [6, 6.07) is 103. The summed E-state index contributed by atoms with van der Waals surface area (Å²) in [5.41, 5.74) is 14.9. The van der Waals surface area contributed by atoms with E-state index in [-0.39, 0.29) is 0 Å². The molecular formula is C70H54N4O2. The number of fused-ring (bicyclic) bond motifs is 2. The van der Waals surface area contributed by atoms with E-state index in [2.05, 4.69) is 274 Å². The normalized spacial score (nSPS) is 11.0. The van der Waals surface area contributed by atoms with Gasteiger partial charge in [-0.1, -0.05) is 146 Å². The van der Waals surface area contributed by atoms with Crippen molar-refractivity contribution in [2.24, 2.45) is 0 Å². The molecule has 0 fully saturated rings. The summed E-state index contributed by atoms with van der Waals surface area (Å²) >= 11 is 0. The molecule has 0 amide bonds. The zero-order valence-corrected chi connectivity index (χ0v) is 42.3. The largest absolute Gasteiger partial charge is 0.497 e. The Kier molecular flexibility index (Phi) is 13.1. The first-order chi connectivity index (χ1) is 37.6. The van der Waals surface area contributed by atoms with Crippen LogP contribution in [0.25, 0.3) is 32.7 Å². The summed E-state index contributed by atoms with van der Waals surface area (Å²) in [4.78, 5) is 9.24. The van der Waals surface area contributed by atoms with Crippen LogP contribution < -0.4 is 29.1 Å². The Hall–Kier alpha value is -10.0. The van der Waals surface area contributed by atoms with Gasteiger partial charge >= 0.3 is 0 Å². The highest BCUT2D eigenvalue weighted by molar-refractivity contribution is 6.01. The summed E-state index contributed by atoms with van der Waals surface area (Å²) < 4.78 is 11.3. The van der Waals surface area contributed by atoms with Crippen molar-refractivity contribution < 1.29 is 9.47 Å². The third-order valence-corrected chi connectivity index (χ3v) is 14.0. The second kappa shape index (κ2) is 21.2. The zero-order chi connectivity index (χ0) is 51.2. The van der Waals surface area contributed by atoms with E-state index in [4.69, 9.17) is 9.47 Å². The van der Waals surface area contributed by atoms with Crippen LogP contribution >= 0.6 is 0 Å². The van der Waals surface area contributed by atoms with Gasteiger partial charge in [0.1, 0.15) is 11.5 Å². The number of para-hydroxylation sites is 2. The molecular weight excluding hydrogens is 929 g/mol. The number of benzene rings is 12. The minimum absolute atomic E-state index is 0.804. The molecule has 0 heterocycles. The Balaban J connectivity index is 0.891. The topological polar surface area (TPSA) is 31.4 Å². The Bertz CT molecular complexity index is 3630. The van der Waals surface area contributed by atoms with Gasteiger partial charge in [0.05, 0.1) is 25.6 Å². The molecule has 0 aromatic heterocycles. The summed E-state index contributed by atoms with van der Waals surface area (Å²) in [6.07, 6.45) is 0. The third kappa shape index (κ3) is 9.43. The van der Waals surface area contributed by atoms with Gasteiger partial charge in [-0.25, -0.2) is 0 Å². The van der Waals surface area contributed by atoms with Gasteiger partial charge in [-0.2, -0.15) is 0 Å². The van der Waals surface area contributed by atoms with Crippen molar-refractivity contribution >= 4 is 89.8 Å². The Morgan fingerprint density at radius 2 is 0.500 bits per heavy atom. The quantitative estimate of drug-likeness (QED) is 0.102. The Morgan fingerprint density at radius 3 is 0.868 bits per heavy atom. The molecule has 12 aromatic rings. The second-order valence-electron chi connectivity index (χ2n) is 18.5. The molecule has 12 rings (SSSR count). The van der Waals surface area contributed by atoms with E-state index >= 15 is 0 Å². The van der Waals surface area contributed by atoms with E-state index in [1.54, 1.807) is 14.2 Å². The number of methoxy groups -OCH3 is 2. The highest BCUT2D eigenvalue weighted by atomic mass is 16.5. The average Bonchev–Trinajstić information content (AvgIpc) is 3.51. The molecule has 0 spiro atoms. The molecule has 6 nitrogen and oxygen atoms in total. The van der Waals surface area contributed by atoms with Crippen LogP contribution in [0.1, 0.15) is 0 Å². The van der Waals surface area contributed by atoms with E-state index in [1.165, 1.54) is 21.5 Å². The molecule has 0 radical (unpaired) electrons. The van der Waals surface area contributed by atoms with Crippen molar-refractivity contribution in [2.75, 3.05) is 33.8 Å². The van der Waals surface area contributed by atoms with Gasteiger partial charge in [0.25, 0.3) is 0 Å². The minimum atomic E-state index is 0.804. The fraction of sp³-hybridized carbons (Fsp3) is 0.0286. The van der Waals surface area contributed by atoms with Crippen LogP contribution in [-0.2, 0) is 0 Å². The van der Waals surface area contributed by atoms with Gasteiger partial charge < -0.3 is 29.1 Å². The Labute approximate surface area is 444 Å². The van der Waals surface area contributed by atoms with Crippen molar-refractivity contribution in [1.29, 1.82) is 0 Å². The molecule has 0 saturated carbocycles. The second-order valence-corrected chi connectivity index (χ2v) is 18.5. The predicted molar refractivity (Wildman–Crippen MR) is 319 cm³/mol. The maximum absolute atomic E-state index is 5.65. The lowest BCUT2D eigenvalue weighted by molar-refractivity contribution is 0.415. The number of ether oxygens (including phenoxy) is 2.